The minimum atomic E-state index is -1.77. The van der Waals surface area contributed by atoms with Crippen LogP contribution < -0.4 is 0 Å². The average molecular weight is 967 g/mol. The molecule has 0 aromatic rings. The molecule has 0 spiro atoms. The predicted molar refractivity (Wildman–Crippen MR) is 261 cm³/mol. The van der Waals surface area contributed by atoms with Gasteiger partial charge in [-0.05, 0) is 77.0 Å². The summed E-state index contributed by atoms with van der Waals surface area (Å²) < 4.78 is 33.5. The van der Waals surface area contributed by atoms with Crippen LogP contribution in [0.15, 0.2) is 60.8 Å². The largest absolute Gasteiger partial charge is 0.462 e. The first kappa shape index (κ1) is 61.3. The molecule has 0 aromatic heterocycles. The zero-order valence-electron chi connectivity index (χ0n) is 41.3. The van der Waals surface area contributed by atoms with Crippen molar-refractivity contribution in [3.8, 4) is 0 Å². The van der Waals surface area contributed by atoms with Gasteiger partial charge in [-0.15, -0.1) is 0 Å². The van der Waals surface area contributed by atoms with Crippen molar-refractivity contribution >= 4 is 11.9 Å². The molecule has 2 aliphatic heterocycles. The van der Waals surface area contributed by atoms with Crippen LogP contribution >= 0.6 is 0 Å². The monoisotopic (exact) mass is 967 g/mol. The molecule has 2 fully saturated rings. The van der Waals surface area contributed by atoms with E-state index >= 15 is 0 Å². The third-order valence-electron chi connectivity index (χ3n) is 11.9. The second kappa shape index (κ2) is 39.9. The lowest BCUT2D eigenvalue weighted by Crippen LogP contribution is -2.61. The van der Waals surface area contributed by atoms with Crippen LogP contribution in [-0.2, 0) is 38.0 Å². The van der Waals surface area contributed by atoms with Gasteiger partial charge in [0.25, 0.3) is 0 Å². The molecule has 0 bridgehead atoms. The summed E-state index contributed by atoms with van der Waals surface area (Å²) >= 11 is 0. The summed E-state index contributed by atoms with van der Waals surface area (Å²) in [6.07, 6.45) is 28.1. The summed E-state index contributed by atoms with van der Waals surface area (Å²) in [6, 6.07) is 0. The van der Waals surface area contributed by atoms with E-state index in [1.165, 1.54) is 44.9 Å². The van der Waals surface area contributed by atoms with Gasteiger partial charge in [-0.3, -0.25) is 9.59 Å². The van der Waals surface area contributed by atoms with Crippen LogP contribution in [0.1, 0.15) is 168 Å². The zero-order valence-corrected chi connectivity index (χ0v) is 41.3. The molecule has 0 aromatic carbocycles. The Morgan fingerprint density at radius 3 is 1.47 bits per heavy atom. The van der Waals surface area contributed by atoms with E-state index in [0.29, 0.717) is 12.8 Å². The molecule has 392 valence electrons. The van der Waals surface area contributed by atoms with Gasteiger partial charge >= 0.3 is 11.9 Å². The van der Waals surface area contributed by atoms with Crippen molar-refractivity contribution in [2.24, 2.45) is 0 Å². The van der Waals surface area contributed by atoms with Crippen molar-refractivity contribution in [3.63, 3.8) is 0 Å². The minimum Gasteiger partial charge on any atom is -0.462 e. The van der Waals surface area contributed by atoms with E-state index in [0.717, 1.165) is 83.5 Å². The molecular weight excluding hydrogens is 877 g/mol. The highest BCUT2D eigenvalue weighted by molar-refractivity contribution is 5.70. The number of ether oxygens (including phenoxy) is 6. The first-order valence-corrected chi connectivity index (χ1v) is 25.9. The van der Waals surface area contributed by atoms with Crippen LogP contribution in [0.5, 0.6) is 0 Å². The van der Waals surface area contributed by atoms with Gasteiger partial charge in [0.1, 0.15) is 55.4 Å². The molecule has 0 aliphatic carbocycles. The van der Waals surface area contributed by atoms with Crippen LogP contribution in [0.25, 0.3) is 0 Å². The molecular formula is C53H90O15. The van der Waals surface area contributed by atoms with Crippen molar-refractivity contribution in [3.05, 3.63) is 60.8 Å². The third kappa shape index (κ3) is 27.6. The Kier molecular flexibility index (Phi) is 36.0. The van der Waals surface area contributed by atoms with Crippen molar-refractivity contribution in [1.29, 1.82) is 0 Å². The highest BCUT2D eigenvalue weighted by atomic mass is 16.7. The smallest absolute Gasteiger partial charge is 0.306 e. The number of allylic oxidation sites excluding steroid dienone is 10. The Hall–Kier alpha value is -2.80. The molecule has 15 heteroatoms. The number of unbranched alkanes of at least 4 members (excludes halogenated alkanes) is 15. The van der Waals surface area contributed by atoms with E-state index in [1.54, 1.807) is 0 Å². The predicted octanol–water partition coefficient (Wildman–Crippen LogP) is 7.27. The SMILES string of the molecule is CCC/C=C/C/C=C/C/C=C/C/C=C/CCCCCC(=O)OC[C@@H](CO[C@@H]1O[C@H](CO[C@@H]2O[C@H](CO)[C@H](O)C(O)C2O)[C@H](O)C(O)C1O)OC(=O)CCCCCCC/C=C/CCCCCCCC. The van der Waals surface area contributed by atoms with E-state index in [1.807, 2.05) is 0 Å². The molecule has 2 aliphatic rings. The van der Waals surface area contributed by atoms with Crippen LogP contribution in [0.3, 0.4) is 0 Å². The Morgan fingerprint density at radius 1 is 0.471 bits per heavy atom. The fourth-order valence-electron chi connectivity index (χ4n) is 7.67. The highest BCUT2D eigenvalue weighted by Crippen LogP contribution is 2.26. The van der Waals surface area contributed by atoms with Gasteiger partial charge in [0.15, 0.2) is 18.7 Å². The van der Waals surface area contributed by atoms with Gasteiger partial charge in [-0.2, -0.15) is 0 Å². The van der Waals surface area contributed by atoms with Gasteiger partial charge in [0.2, 0.25) is 0 Å². The number of aliphatic hydroxyl groups is 7. The van der Waals surface area contributed by atoms with Gasteiger partial charge in [0.05, 0.1) is 19.8 Å². The number of hydrogen-bond donors (Lipinski definition) is 7. The third-order valence-corrected chi connectivity index (χ3v) is 11.9. The lowest BCUT2D eigenvalue weighted by atomic mass is 9.98. The second-order valence-electron chi connectivity index (χ2n) is 18.0. The number of rotatable bonds is 39. The van der Waals surface area contributed by atoms with Crippen LogP contribution in [0, 0.1) is 0 Å². The quantitative estimate of drug-likeness (QED) is 0.0183. The summed E-state index contributed by atoms with van der Waals surface area (Å²) in [4.78, 5) is 25.8. The summed E-state index contributed by atoms with van der Waals surface area (Å²) in [6.45, 7) is 2.46. The summed E-state index contributed by atoms with van der Waals surface area (Å²) in [5.41, 5.74) is 0. The molecule has 4 unspecified atom stereocenters. The van der Waals surface area contributed by atoms with Gasteiger partial charge < -0.3 is 64.2 Å². The van der Waals surface area contributed by atoms with Crippen molar-refractivity contribution in [2.45, 2.75) is 235 Å². The van der Waals surface area contributed by atoms with Crippen molar-refractivity contribution in [2.75, 3.05) is 26.4 Å². The molecule has 15 nitrogen and oxygen atoms in total. The van der Waals surface area contributed by atoms with E-state index in [4.69, 9.17) is 28.4 Å². The van der Waals surface area contributed by atoms with Crippen LogP contribution in [-0.4, -0.2) is 142 Å². The van der Waals surface area contributed by atoms with Crippen LogP contribution in [0.2, 0.25) is 0 Å². The fraction of sp³-hybridized carbons (Fsp3) is 0.774. The fourth-order valence-corrected chi connectivity index (χ4v) is 7.67. The van der Waals surface area contributed by atoms with Crippen LogP contribution in [0.4, 0.5) is 0 Å². The normalized spacial score (nSPS) is 26.2. The molecule has 2 rings (SSSR count). The minimum absolute atomic E-state index is 0.146. The van der Waals surface area contributed by atoms with E-state index in [9.17, 15) is 45.3 Å². The number of aliphatic hydroxyl groups excluding tert-OH is 7. The highest BCUT2D eigenvalue weighted by Gasteiger charge is 2.47. The Labute approximate surface area is 407 Å². The molecule has 0 radical (unpaired) electrons. The van der Waals surface area contributed by atoms with Crippen molar-refractivity contribution < 1.29 is 73.8 Å². The van der Waals surface area contributed by atoms with Gasteiger partial charge in [0, 0.05) is 12.8 Å². The maximum absolute atomic E-state index is 13.0. The molecule has 2 saturated heterocycles. The number of esters is 2. The summed E-state index contributed by atoms with van der Waals surface area (Å²) in [5, 5.41) is 72.1. The lowest BCUT2D eigenvalue weighted by molar-refractivity contribution is -0.332. The molecule has 11 atom stereocenters. The molecule has 0 amide bonds. The van der Waals surface area contributed by atoms with E-state index in [-0.39, 0.29) is 19.4 Å². The Bertz CT molecular complexity index is 1420. The molecule has 7 N–H and O–H groups in total. The van der Waals surface area contributed by atoms with Gasteiger partial charge in [-0.1, -0.05) is 139 Å². The lowest BCUT2D eigenvalue weighted by Gasteiger charge is -2.42. The Morgan fingerprint density at radius 2 is 0.912 bits per heavy atom. The van der Waals surface area contributed by atoms with Crippen molar-refractivity contribution in [1.82, 2.24) is 0 Å². The number of carbonyl (C=O) groups is 2. The summed E-state index contributed by atoms with van der Waals surface area (Å²) in [5.74, 6) is -0.974. The molecule has 0 saturated carbocycles. The number of carbonyl (C=O) groups excluding carboxylic acids is 2. The summed E-state index contributed by atoms with van der Waals surface area (Å²) in [7, 11) is 0. The van der Waals surface area contributed by atoms with E-state index in [2.05, 4.69) is 74.6 Å². The first-order valence-electron chi connectivity index (χ1n) is 25.9. The molecule has 2 heterocycles. The standard InChI is InChI=1S/C53H90O15/c1-3-5-7-9-11-13-15-17-19-20-22-23-25-27-29-31-33-35-44(55)63-38-41(66-45(56)36-34-32-30-28-26-24-21-18-16-14-12-10-8-6-4-2)39-64-52-51(62)49(60)47(58)43(68-52)40-65-53-50(61)48(59)46(57)42(37-54)67-53/h7,9,13,15,18-21,23,25,41-43,46-54,57-62H,3-6,8,10-12,14,16-17,22,24,26-40H2,1-2H3/b9-7+,15-13+,20-19+,21-18+,25-23+/t41-,42+,43+,46-,47-,48?,49?,50?,51?,52+,53+/m0/s1. The second-order valence-corrected chi connectivity index (χ2v) is 18.0. The maximum atomic E-state index is 13.0. The first-order chi connectivity index (χ1) is 33.0. The van der Waals surface area contributed by atoms with Gasteiger partial charge in [-0.25, -0.2) is 0 Å². The van der Waals surface area contributed by atoms with E-state index < -0.39 is 99.3 Å². The maximum Gasteiger partial charge on any atom is 0.306 e. The zero-order chi connectivity index (χ0) is 49.6. The molecule has 68 heavy (non-hydrogen) atoms. The Balaban J connectivity index is 1.83. The average Bonchev–Trinajstić information content (AvgIpc) is 3.33. The number of hydrogen-bond acceptors (Lipinski definition) is 15. The topological polar surface area (TPSA) is 231 Å².